The molecule has 3 nitrogen and oxygen atoms in total. The Morgan fingerprint density at radius 3 is 2.69 bits per heavy atom. The van der Waals surface area contributed by atoms with E-state index in [2.05, 4.69) is 15.9 Å². The summed E-state index contributed by atoms with van der Waals surface area (Å²) in [6.07, 6.45) is 1.72. The summed E-state index contributed by atoms with van der Waals surface area (Å²) in [5.74, 6) is 0. The summed E-state index contributed by atoms with van der Waals surface area (Å²) >= 11 is 3.23. The minimum atomic E-state index is -0.387. The van der Waals surface area contributed by atoms with E-state index in [4.69, 9.17) is 0 Å². The number of benzene rings is 1. The van der Waals surface area contributed by atoms with Crippen LogP contribution in [0.3, 0.4) is 0 Å². The van der Waals surface area contributed by atoms with Crippen LogP contribution in [0.1, 0.15) is 12.5 Å². The lowest BCUT2D eigenvalue weighted by Gasteiger charge is -1.96. The molecule has 0 aromatic heterocycles. The molecule has 0 aliphatic carbocycles. The number of halogens is 1. The van der Waals surface area contributed by atoms with Gasteiger partial charge in [-0.2, -0.15) is 0 Å². The van der Waals surface area contributed by atoms with Gasteiger partial charge in [-0.15, -0.1) is 0 Å². The predicted molar refractivity (Wildman–Crippen MR) is 55.7 cm³/mol. The highest BCUT2D eigenvalue weighted by atomic mass is 79.9. The van der Waals surface area contributed by atoms with Crippen molar-refractivity contribution in [1.82, 2.24) is 0 Å². The second-order valence-electron chi connectivity index (χ2n) is 2.55. The Morgan fingerprint density at radius 1 is 1.54 bits per heavy atom. The molecule has 0 unspecified atom stereocenters. The fourth-order valence-corrected chi connectivity index (χ4v) is 1.24. The molecule has 0 heterocycles. The van der Waals surface area contributed by atoms with Crippen molar-refractivity contribution in [3.63, 3.8) is 0 Å². The molecule has 0 N–H and O–H groups in total. The Labute approximate surface area is 84.4 Å². The predicted octanol–water partition coefficient (Wildman–Crippen LogP) is 3.35. The summed E-state index contributed by atoms with van der Waals surface area (Å²) in [6.45, 7) is 1.83. The fraction of sp³-hybridized carbons (Fsp3) is 0.111. The maximum absolute atomic E-state index is 10.6. The van der Waals surface area contributed by atoms with Gasteiger partial charge in [-0.1, -0.05) is 28.1 Å². The van der Waals surface area contributed by atoms with Crippen molar-refractivity contribution < 1.29 is 4.92 Å². The van der Waals surface area contributed by atoms with Gasteiger partial charge in [-0.05, 0) is 23.5 Å². The standard InChI is InChI=1S/C9H8BrNO2/c1-7(10)6-8-4-2-3-5-9(8)11(12)13/h2-6H,1H3. The molecule has 4 heteroatoms. The van der Waals surface area contributed by atoms with Gasteiger partial charge < -0.3 is 0 Å². The average molecular weight is 242 g/mol. The van der Waals surface area contributed by atoms with Crippen molar-refractivity contribution in [2.75, 3.05) is 0 Å². The zero-order chi connectivity index (χ0) is 9.84. The minimum Gasteiger partial charge on any atom is -0.258 e. The lowest BCUT2D eigenvalue weighted by Crippen LogP contribution is -1.90. The van der Waals surface area contributed by atoms with Gasteiger partial charge in [0, 0.05) is 6.07 Å². The van der Waals surface area contributed by atoms with Crippen LogP contribution in [0.25, 0.3) is 6.08 Å². The third-order valence-corrected chi connectivity index (χ3v) is 1.72. The second kappa shape index (κ2) is 4.18. The van der Waals surface area contributed by atoms with E-state index in [-0.39, 0.29) is 10.6 Å². The Balaban J connectivity index is 3.20. The molecule has 0 saturated carbocycles. The largest absolute Gasteiger partial charge is 0.276 e. The van der Waals surface area contributed by atoms with Crippen LogP contribution < -0.4 is 0 Å². The molecule has 0 aliphatic heterocycles. The third-order valence-electron chi connectivity index (χ3n) is 1.49. The van der Waals surface area contributed by atoms with Crippen molar-refractivity contribution in [1.29, 1.82) is 0 Å². The van der Waals surface area contributed by atoms with E-state index < -0.39 is 0 Å². The molecule has 1 aromatic carbocycles. The van der Waals surface area contributed by atoms with Crippen LogP contribution in [-0.4, -0.2) is 4.92 Å². The van der Waals surface area contributed by atoms with Gasteiger partial charge in [0.25, 0.3) is 5.69 Å². The molecular formula is C9H8BrNO2. The van der Waals surface area contributed by atoms with E-state index in [1.165, 1.54) is 6.07 Å². The van der Waals surface area contributed by atoms with Crippen LogP contribution in [0.15, 0.2) is 28.7 Å². The van der Waals surface area contributed by atoms with Gasteiger partial charge in [0.15, 0.2) is 0 Å². The zero-order valence-electron chi connectivity index (χ0n) is 7.03. The van der Waals surface area contributed by atoms with E-state index >= 15 is 0 Å². The van der Waals surface area contributed by atoms with Crippen LogP contribution >= 0.6 is 15.9 Å². The van der Waals surface area contributed by atoms with Crippen LogP contribution in [0, 0.1) is 10.1 Å². The number of para-hydroxylation sites is 1. The summed E-state index contributed by atoms with van der Waals surface area (Å²) < 4.78 is 0.863. The molecule has 1 aromatic rings. The molecule has 0 spiro atoms. The van der Waals surface area contributed by atoms with E-state index in [0.717, 1.165) is 4.48 Å². The number of hydrogen-bond donors (Lipinski definition) is 0. The summed E-state index contributed by atoms with van der Waals surface area (Å²) in [5, 5.41) is 10.6. The monoisotopic (exact) mass is 241 g/mol. The van der Waals surface area contributed by atoms with Crippen LogP contribution in [0.4, 0.5) is 5.69 Å². The molecule has 0 atom stereocenters. The summed E-state index contributed by atoms with van der Waals surface area (Å²) in [4.78, 5) is 10.2. The number of nitro benzene ring substituents is 1. The first-order chi connectivity index (χ1) is 6.11. The maximum atomic E-state index is 10.6. The molecule has 13 heavy (non-hydrogen) atoms. The average Bonchev–Trinajstić information content (AvgIpc) is 2.03. The molecular weight excluding hydrogens is 234 g/mol. The van der Waals surface area contributed by atoms with E-state index in [0.29, 0.717) is 5.56 Å². The van der Waals surface area contributed by atoms with Crippen LogP contribution in [0.2, 0.25) is 0 Å². The highest BCUT2D eigenvalue weighted by molar-refractivity contribution is 9.11. The Kier molecular flexibility index (Phi) is 3.19. The number of nitrogens with zero attached hydrogens (tertiary/aromatic N) is 1. The Morgan fingerprint density at radius 2 is 2.15 bits per heavy atom. The van der Waals surface area contributed by atoms with E-state index in [9.17, 15) is 10.1 Å². The lowest BCUT2D eigenvalue weighted by atomic mass is 10.2. The highest BCUT2D eigenvalue weighted by Crippen LogP contribution is 2.21. The Hall–Kier alpha value is -1.16. The topological polar surface area (TPSA) is 43.1 Å². The van der Waals surface area contributed by atoms with Crippen molar-refractivity contribution in [3.05, 3.63) is 44.4 Å². The van der Waals surface area contributed by atoms with Crippen LogP contribution in [0.5, 0.6) is 0 Å². The summed E-state index contributed by atoms with van der Waals surface area (Å²) in [6, 6.07) is 6.62. The number of rotatable bonds is 2. The van der Waals surface area contributed by atoms with Gasteiger partial charge in [0.2, 0.25) is 0 Å². The second-order valence-corrected chi connectivity index (χ2v) is 3.80. The SMILES string of the molecule is CC(Br)=Cc1ccccc1[N+](=O)[O-]. The Bertz CT molecular complexity index is 356. The quantitative estimate of drug-likeness (QED) is 0.589. The first kappa shape index (κ1) is 9.92. The van der Waals surface area contributed by atoms with Gasteiger partial charge >= 0.3 is 0 Å². The summed E-state index contributed by atoms with van der Waals surface area (Å²) in [5.41, 5.74) is 0.739. The number of allylic oxidation sites excluding steroid dienone is 1. The first-order valence-electron chi connectivity index (χ1n) is 3.68. The molecule has 0 radical (unpaired) electrons. The fourth-order valence-electron chi connectivity index (χ4n) is 0.990. The normalized spacial score (nSPS) is 11.4. The van der Waals surface area contributed by atoms with Crippen molar-refractivity contribution in [2.24, 2.45) is 0 Å². The maximum Gasteiger partial charge on any atom is 0.276 e. The highest BCUT2D eigenvalue weighted by Gasteiger charge is 2.09. The zero-order valence-corrected chi connectivity index (χ0v) is 8.61. The lowest BCUT2D eigenvalue weighted by molar-refractivity contribution is -0.385. The first-order valence-corrected chi connectivity index (χ1v) is 4.48. The third kappa shape index (κ3) is 2.66. The molecule has 0 amide bonds. The molecule has 0 saturated heterocycles. The van der Waals surface area contributed by atoms with Crippen LogP contribution in [-0.2, 0) is 0 Å². The molecule has 0 aliphatic rings. The van der Waals surface area contributed by atoms with E-state index in [1.807, 2.05) is 6.92 Å². The molecule has 0 bridgehead atoms. The number of nitro groups is 1. The summed E-state index contributed by atoms with van der Waals surface area (Å²) in [7, 11) is 0. The van der Waals surface area contributed by atoms with Crippen molar-refractivity contribution in [3.8, 4) is 0 Å². The smallest absolute Gasteiger partial charge is 0.258 e. The van der Waals surface area contributed by atoms with Gasteiger partial charge in [0.05, 0.1) is 10.5 Å². The molecule has 68 valence electrons. The van der Waals surface area contributed by atoms with Gasteiger partial charge in [0.1, 0.15) is 0 Å². The molecule has 1 rings (SSSR count). The van der Waals surface area contributed by atoms with Crippen molar-refractivity contribution >= 4 is 27.7 Å². The van der Waals surface area contributed by atoms with Gasteiger partial charge in [-0.3, -0.25) is 10.1 Å². The molecule has 0 fully saturated rings. The minimum absolute atomic E-state index is 0.126. The van der Waals surface area contributed by atoms with E-state index in [1.54, 1.807) is 24.3 Å². The number of hydrogen-bond acceptors (Lipinski definition) is 2. The van der Waals surface area contributed by atoms with Crippen molar-refractivity contribution in [2.45, 2.75) is 6.92 Å². The van der Waals surface area contributed by atoms with Gasteiger partial charge in [-0.25, -0.2) is 0 Å².